The van der Waals surface area contributed by atoms with Crippen LogP contribution in [0.3, 0.4) is 0 Å². The third kappa shape index (κ3) is 3.57. The lowest BCUT2D eigenvalue weighted by Gasteiger charge is -2.13. The Morgan fingerprint density at radius 3 is 2.76 bits per heavy atom. The van der Waals surface area contributed by atoms with Crippen molar-refractivity contribution < 1.29 is 27.4 Å². The predicted octanol–water partition coefficient (Wildman–Crippen LogP) is 3.95. The summed E-state index contributed by atoms with van der Waals surface area (Å²) in [4.78, 5) is 12.3. The lowest BCUT2D eigenvalue weighted by atomic mass is 10.1. The van der Waals surface area contributed by atoms with Crippen molar-refractivity contribution in [3.8, 4) is 11.6 Å². The summed E-state index contributed by atoms with van der Waals surface area (Å²) in [6.45, 7) is 1.83. The Morgan fingerprint density at radius 2 is 2.04 bits per heavy atom. The first kappa shape index (κ1) is 17.2. The van der Waals surface area contributed by atoms with Crippen LogP contribution in [0.5, 0.6) is 11.6 Å². The maximum atomic E-state index is 12.8. The predicted molar refractivity (Wildman–Crippen MR) is 81.5 cm³/mol. The van der Waals surface area contributed by atoms with Gasteiger partial charge in [0.15, 0.2) is 0 Å². The topological polar surface area (TPSA) is 61.3 Å². The van der Waals surface area contributed by atoms with Crippen molar-refractivity contribution >= 4 is 5.97 Å². The molecular weight excluding hydrogens is 337 g/mol. The number of ether oxygens (including phenoxy) is 2. The molecule has 1 aromatic heterocycles. The highest BCUT2D eigenvalue weighted by molar-refractivity contribution is 5.94. The highest BCUT2D eigenvalue weighted by Crippen LogP contribution is 2.35. The molecule has 1 aliphatic rings. The zero-order chi connectivity index (χ0) is 18.0. The van der Waals surface area contributed by atoms with Gasteiger partial charge in [-0.1, -0.05) is 6.07 Å². The number of alkyl halides is 3. The van der Waals surface area contributed by atoms with Gasteiger partial charge in [0.2, 0.25) is 0 Å². The van der Waals surface area contributed by atoms with Crippen LogP contribution in [0, 0.1) is 0 Å². The van der Waals surface area contributed by atoms with Gasteiger partial charge in [0.1, 0.15) is 11.3 Å². The number of aryl methyl sites for hydroxylation is 1. The molecule has 0 bridgehead atoms. The molecule has 1 aliphatic carbocycles. The molecule has 1 aromatic carbocycles. The summed E-state index contributed by atoms with van der Waals surface area (Å²) in [5, 5.41) is 7.91. The molecule has 0 spiro atoms. The van der Waals surface area contributed by atoms with E-state index in [1.807, 2.05) is 0 Å². The van der Waals surface area contributed by atoms with Gasteiger partial charge in [-0.3, -0.25) is 0 Å². The summed E-state index contributed by atoms with van der Waals surface area (Å²) in [5.41, 5.74) is 0.674. The third-order valence-corrected chi connectivity index (χ3v) is 3.82. The minimum absolute atomic E-state index is 0.0763. The molecule has 0 aliphatic heterocycles. The van der Waals surface area contributed by atoms with Crippen molar-refractivity contribution in [3.05, 3.63) is 46.6 Å². The van der Waals surface area contributed by atoms with Crippen LogP contribution in [-0.4, -0.2) is 22.8 Å². The highest BCUT2D eigenvalue weighted by Gasteiger charge is 2.31. The minimum Gasteiger partial charge on any atom is -0.462 e. The molecule has 0 saturated heterocycles. The Kier molecular flexibility index (Phi) is 4.61. The van der Waals surface area contributed by atoms with E-state index < -0.39 is 17.7 Å². The number of benzene rings is 1. The standard InChI is InChI=1S/C17H15F3N2O3/c1-2-24-16(23)14-12-7-4-8-13(12)21-22-15(14)25-11-6-3-5-10(9-11)17(18,19)20/h3,5-6,9H,2,4,7-8H2,1H3. The van der Waals surface area contributed by atoms with Crippen LogP contribution in [0.4, 0.5) is 13.2 Å². The number of fused-ring (bicyclic) bond motifs is 1. The first-order valence-corrected chi connectivity index (χ1v) is 7.80. The summed E-state index contributed by atoms with van der Waals surface area (Å²) < 4.78 is 49.0. The smallest absolute Gasteiger partial charge is 0.416 e. The summed E-state index contributed by atoms with van der Waals surface area (Å²) in [6.07, 6.45) is -2.35. The van der Waals surface area contributed by atoms with E-state index >= 15 is 0 Å². The molecular formula is C17H15F3N2O3. The van der Waals surface area contributed by atoms with Crippen LogP contribution < -0.4 is 4.74 Å². The number of hydrogen-bond donors (Lipinski definition) is 0. The van der Waals surface area contributed by atoms with Crippen LogP contribution in [0.25, 0.3) is 0 Å². The monoisotopic (exact) mass is 352 g/mol. The first-order chi connectivity index (χ1) is 11.9. The van der Waals surface area contributed by atoms with Crippen LogP contribution in [-0.2, 0) is 23.8 Å². The molecule has 1 heterocycles. The van der Waals surface area contributed by atoms with Gasteiger partial charge in [-0.2, -0.15) is 18.3 Å². The normalized spacial score (nSPS) is 13.4. The van der Waals surface area contributed by atoms with Crippen molar-refractivity contribution in [1.82, 2.24) is 10.2 Å². The van der Waals surface area contributed by atoms with E-state index in [1.165, 1.54) is 12.1 Å². The second-order valence-corrected chi connectivity index (χ2v) is 5.51. The molecule has 5 nitrogen and oxygen atoms in total. The Balaban J connectivity index is 1.99. The average Bonchev–Trinajstić information content (AvgIpc) is 3.02. The van der Waals surface area contributed by atoms with Crippen LogP contribution in [0.1, 0.15) is 40.5 Å². The molecule has 3 rings (SSSR count). The number of carbonyl (C=O) groups excluding carboxylic acids is 1. The largest absolute Gasteiger partial charge is 0.462 e. The van der Waals surface area contributed by atoms with Crippen molar-refractivity contribution in [2.45, 2.75) is 32.4 Å². The number of hydrogen-bond acceptors (Lipinski definition) is 5. The van der Waals surface area contributed by atoms with E-state index in [4.69, 9.17) is 9.47 Å². The number of nitrogens with zero attached hydrogens (tertiary/aromatic N) is 2. The molecule has 0 radical (unpaired) electrons. The quantitative estimate of drug-likeness (QED) is 0.780. The van der Waals surface area contributed by atoms with Gasteiger partial charge >= 0.3 is 12.1 Å². The Labute approximate surface area is 141 Å². The van der Waals surface area contributed by atoms with Gasteiger partial charge in [-0.05, 0) is 49.9 Å². The number of esters is 1. The maximum absolute atomic E-state index is 12.8. The second-order valence-electron chi connectivity index (χ2n) is 5.51. The summed E-state index contributed by atoms with van der Waals surface area (Å²) in [5.74, 6) is -0.830. The van der Waals surface area contributed by atoms with Crippen molar-refractivity contribution in [3.63, 3.8) is 0 Å². The van der Waals surface area contributed by atoms with Crippen molar-refractivity contribution in [2.75, 3.05) is 6.61 Å². The maximum Gasteiger partial charge on any atom is 0.416 e. The van der Waals surface area contributed by atoms with E-state index in [2.05, 4.69) is 10.2 Å². The van der Waals surface area contributed by atoms with Gasteiger partial charge in [-0.15, -0.1) is 5.10 Å². The fourth-order valence-corrected chi connectivity index (χ4v) is 2.73. The van der Waals surface area contributed by atoms with Crippen LogP contribution in [0.2, 0.25) is 0 Å². The van der Waals surface area contributed by atoms with E-state index in [-0.39, 0.29) is 23.8 Å². The minimum atomic E-state index is -4.49. The number of rotatable bonds is 4. The van der Waals surface area contributed by atoms with E-state index in [0.29, 0.717) is 24.1 Å². The number of halogens is 3. The average molecular weight is 352 g/mol. The van der Waals surface area contributed by atoms with Gasteiger partial charge in [0.25, 0.3) is 5.88 Å². The van der Waals surface area contributed by atoms with Gasteiger partial charge in [0, 0.05) is 0 Å². The number of aromatic nitrogens is 2. The second kappa shape index (κ2) is 6.70. The Morgan fingerprint density at radius 1 is 1.24 bits per heavy atom. The Bertz CT molecular complexity index is 806. The van der Waals surface area contributed by atoms with E-state index in [1.54, 1.807) is 6.92 Å². The SMILES string of the molecule is CCOC(=O)c1c(Oc2cccc(C(F)(F)F)c2)nnc2c1CCC2. The molecule has 0 amide bonds. The lowest BCUT2D eigenvalue weighted by Crippen LogP contribution is -2.13. The Hall–Kier alpha value is -2.64. The van der Waals surface area contributed by atoms with Crippen LogP contribution in [0.15, 0.2) is 24.3 Å². The molecule has 2 aromatic rings. The summed E-state index contributed by atoms with van der Waals surface area (Å²) in [7, 11) is 0. The van der Waals surface area contributed by atoms with Gasteiger partial charge in [-0.25, -0.2) is 4.79 Å². The summed E-state index contributed by atoms with van der Waals surface area (Å²) >= 11 is 0. The summed E-state index contributed by atoms with van der Waals surface area (Å²) in [6, 6.07) is 4.37. The molecule has 0 fully saturated rings. The van der Waals surface area contributed by atoms with Crippen LogP contribution >= 0.6 is 0 Å². The van der Waals surface area contributed by atoms with Gasteiger partial charge < -0.3 is 9.47 Å². The molecule has 8 heteroatoms. The third-order valence-electron chi connectivity index (χ3n) is 3.82. The molecule has 132 valence electrons. The first-order valence-electron chi connectivity index (χ1n) is 7.80. The molecule has 25 heavy (non-hydrogen) atoms. The lowest BCUT2D eigenvalue weighted by molar-refractivity contribution is -0.137. The highest BCUT2D eigenvalue weighted by atomic mass is 19.4. The van der Waals surface area contributed by atoms with Crippen molar-refractivity contribution in [1.29, 1.82) is 0 Å². The van der Waals surface area contributed by atoms with E-state index in [0.717, 1.165) is 18.6 Å². The molecule has 0 N–H and O–H groups in total. The van der Waals surface area contributed by atoms with E-state index in [9.17, 15) is 18.0 Å². The molecule has 0 unspecified atom stereocenters. The fraction of sp³-hybridized carbons (Fsp3) is 0.353. The molecule has 0 saturated carbocycles. The fourth-order valence-electron chi connectivity index (χ4n) is 2.73. The number of carbonyl (C=O) groups is 1. The zero-order valence-corrected chi connectivity index (χ0v) is 13.4. The zero-order valence-electron chi connectivity index (χ0n) is 13.4. The van der Waals surface area contributed by atoms with Gasteiger partial charge in [0.05, 0.1) is 17.9 Å². The molecule has 0 atom stereocenters. The van der Waals surface area contributed by atoms with Crippen molar-refractivity contribution in [2.24, 2.45) is 0 Å².